The van der Waals surface area contributed by atoms with Crippen LogP contribution in [0.5, 0.6) is 0 Å². The monoisotopic (exact) mass is 470 g/mol. The van der Waals surface area contributed by atoms with Crippen molar-refractivity contribution in [2.45, 2.75) is 0 Å². The van der Waals surface area contributed by atoms with Crippen molar-refractivity contribution in [1.82, 2.24) is 10.4 Å². The first-order chi connectivity index (χ1) is 16.7. The fourth-order valence-electron chi connectivity index (χ4n) is 3.95. The van der Waals surface area contributed by atoms with Gasteiger partial charge in [0.05, 0.1) is 36.2 Å². The molecule has 0 atom stereocenters. The number of hydrazone groups is 1. The lowest BCUT2D eigenvalue weighted by atomic mass is 10.0. The predicted molar refractivity (Wildman–Crippen MR) is 137 cm³/mol. The van der Waals surface area contributed by atoms with E-state index < -0.39 is 0 Å². The van der Waals surface area contributed by atoms with Crippen molar-refractivity contribution in [2.24, 2.45) is 5.10 Å². The van der Waals surface area contributed by atoms with Gasteiger partial charge in [0, 0.05) is 34.7 Å². The number of para-hydroxylation sites is 1. The number of hydrogen-bond donors (Lipinski definition) is 1. The van der Waals surface area contributed by atoms with Gasteiger partial charge in [-0.15, -0.1) is 0 Å². The Kier molecular flexibility index (Phi) is 6.51. The minimum atomic E-state index is -0.296. The number of pyridine rings is 1. The third-order valence-electron chi connectivity index (χ3n) is 5.75. The molecule has 7 heteroatoms. The van der Waals surface area contributed by atoms with E-state index >= 15 is 0 Å². The van der Waals surface area contributed by atoms with Crippen LogP contribution in [0.4, 0.5) is 5.69 Å². The summed E-state index contributed by atoms with van der Waals surface area (Å²) in [6, 6.07) is 24.8. The van der Waals surface area contributed by atoms with Gasteiger partial charge in [0.25, 0.3) is 5.91 Å². The normalized spacial score (nSPS) is 14.0. The van der Waals surface area contributed by atoms with E-state index in [-0.39, 0.29) is 5.91 Å². The van der Waals surface area contributed by atoms with Crippen LogP contribution in [0, 0.1) is 0 Å². The lowest BCUT2D eigenvalue weighted by Gasteiger charge is -2.28. The molecule has 34 heavy (non-hydrogen) atoms. The van der Waals surface area contributed by atoms with E-state index in [9.17, 15) is 4.79 Å². The summed E-state index contributed by atoms with van der Waals surface area (Å²) in [5, 5.41) is 5.60. The van der Waals surface area contributed by atoms with Crippen LogP contribution in [0.2, 0.25) is 5.02 Å². The average Bonchev–Trinajstić information content (AvgIpc) is 2.89. The Bertz CT molecular complexity index is 1330. The van der Waals surface area contributed by atoms with Crippen molar-refractivity contribution in [2.75, 3.05) is 31.2 Å². The van der Waals surface area contributed by atoms with Crippen LogP contribution < -0.4 is 10.3 Å². The highest BCUT2D eigenvalue weighted by Gasteiger charge is 2.14. The van der Waals surface area contributed by atoms with E-state index in [1.807, 2.05) is 60.7 Å². The smallest absolute Gasteiger partial charge is 0.272 e. The molecule has 1 saturated heterocycles. The number of anilines is 1. The molecule has 0 spiro atoms. The van der Waals surface area contributed by atoms with Crippen LogP contribution in [0.15, 0.2) is 84.0 Å². The molecule has 1 aliphatic rings. The number of hydrogen-bond acceptors (Lipinski definition) is 5. The lowest BCUT2D eigenvalue weighted by molar-refractivity contribution is 0.0956. The molecule has 1 fully saturated rings. The minimum absolute atomic E-state index is 0.296. The van der Waals surface area contributed by atoms with E-state index in [1.165, 1.54) is 0 Å². The Morgan fingerprint density at radius 3 is 2.50 bits per heavy atom. The third-order valence-corrected chi connectivity index (χ3v) is 6.00. The fourth-order valence-corrected chi connectivity index (χ4v) is 4.08. The zero-order valence-corrected chi connectivity index (χ0v) is 19.2. The highest BCUT2D eigenvalue weighted by Crippen LogP contribution is 2.26. The van der Waals surface area contributed by atoms with Gasteiger partial charge in [0.15, 0.2) is 0 Å². The number of halogens is 1. The van der Waals surface area contributed by atoms with Crippen LogP contribution in [0.1, 0.15) is 15.9 Å². The first-order valence-corrected chi connectivity index (χ1v) is 11.5. The summed E-state index contributed by atoms with van der Waals surface area (Å²) >= 11 is 6.02. The zero-order chi connectivity index (χ0) is 23.3. The van der Waals surface area contributed by atoms with E-state index in [4.69, 9.17) is 21.3 Å². The maximum Gasteiger partial charge on any atom is 0.272 e. The molecule has 5 rings (SSSR count). The van der Waals surface area contributed by atoms with Gasteiger partial charge < -0.3 is 9.64 Å². The van der Waals surface area contributed by atoms with Crippen LogP contribution in [-0.2, 0) is 4.74 Å². The van der Waals surface area contributed by atoms with Gasteiger partial charge >= 0.3 is 0 Å². The summed E-state index contributed by atoms with van der Waals surface area (Å²) in [7, 11) is 0. The van der Waals surface area contributed by atoms with Crippen molar-refractivity contribution < 1.29 is 9.53 Å². The van der Waals surface area contributed by atoms with E-state index in [0.29, 0.717) is 16.3 Å². The minimum Gasteiger partial charge on any atom is -0.378 e. The molecule has 0 aliphatic carbocycles. The zero-order valence-electron chi connectivity index (χ0n) is 18.4. The topological polar surface area (TPSA) is 66.8 Å². The van der Waals surface area contributed by atoms with E-state index in [2.05, 4.69) is 27.6 Å². The number of amides is 1. The lowest BCUT2D eigenvalue weighted by Crippen LogP contribution is -2.36. The Hall–Kier alpha value is -3.74. The number of nitrogens with zero attached hydrogens (tertiary/aromatic N) is 3. The van der Waals surface area contributed by atoms with Gasteiger partial charge in [0.1, 0.15) is 0 Å². The Labute approximate surface area is 202 Å². The summed E-state index contributed by atoms with van der Waals surface area (Å²) in [5.74, 6) is -0.296. The van der Waals surface area contributed by atoms with Crippen molar-refractivity contribution in [1.29, 1.82) is 0 Å². The molecule has 3 aromatic carbocycles. The Morgan fingerprint density at radius 1 is 1.00 bits per heavy atom. The van der Waals surface area contributed by atoms with Crippen LogP contribution >= 0.6 is 11.6 Å². The quantitative estimate of drug-likeness (QED) is 0.323. The van der Waals surface area contributed by atoms with Crippen molar-refractivity contribution in [3.63, 3.8) is 0 Å². The first kappa shape index (κ1) is 22.1. The summed E-state index contributed by atoms with van der Waals surface area (Å²) in [5.41, 5.74) is 7.54. The summed E-state index contributed by atoms with van der Waals surface area (Å²) in [4.78, 5) is 20.1. The summed E-state index contributed by atoms with van der Waals surface area (Å²) < 4.78 is 5.41. The van der Waals surface area contributed by atoms with Gasteiger partial charge in [-0.25, -0.2) is 10.4 Å². The van der Waals surface area contributed by atoms with E-state index in [0.717, 1.165) is 54.0 Å². The number of morpholine rings is 1. The molecule has 6 nitrogen and oxygen atoms in total. The van der Waals surface area contributed by atoms with Crippen LogP contribution in [0.3, 0.4) is 0 Å². The summed E-state index contributed by atoms with van der Waals surface area (Å²) in [6.45, 7) is 3.28. The molecular weight excluding hydrogens is 448 g/mol. The number of nitrogens with one attached hydrogen (secondary N) is 1. The molecule has 1 amide bonds. The molecule has 0 bridgehead atoms. The molecule has 0 saturated carbocycles. The molecule has 170 valence electrons. The van der Waals surface area contributed by atoms with Crippen LogP contribution in [-0.4, -0.2) is 43.4 Å². The molecule has 1 aromatic heterocycles. The van der Waals surface area contributed by atoms with Crippen molar-refractivity contribution >= 4 is 40.3 Å². The van der Waals surface area contributed by atoms with Crippen LogP contribution in [0.25, 0.3) is 22.2 Å². The Morgan fingerprint density at radius 2 is 1.74 bits per heavy atom. The number of benzene rings is 3. The number of carbonyl (C=O) groups is 1. The number of fused-ring (bicyclic) bond motifs is 1. The average molecular weight is 471 g/mol. The van der Waals surface area contributed by atoms with Crippen molar-refractivity contribution in [3.8, 4) is 11.3 Å². The van der Waals surface area contributed by atoms with Gasteiger partial charge in [-0.2, -0.15) is 5.10 Å². The third kappa shape index (κ3) is 4.93. The van der Waals surface area contributed by atoms with Gasteiger partial charge in [-0.1, -0.05) is 54.1 Å². The predicted octanol–water partition coefficient (Wildman–Crippen LogP) is 5.16. The summed E-state index contributed by atoms with van der Waals surface area (Å²) in [6.07, 6.45) is 1.64. The molecule has 2 heterocycles. The largest absolute Gasteiger partial charge is 0.378 e. The Balaban J connectivity index is 1.35. The molecule has 1 N–H and O–H groups in total. The maximum absolute atomic E-state index is 13.1. The number of rotatable bonds is 5. The van der Waals surface area contributed by atoms with E-state index in [1.54, 1.807) is 12.3 Å². The second kappa shape index (κ2) is 10.0. The number of aromatic nitrogens is 1. The molecule has 0 unspecified atom stereocenters. The van der Waals surface area contributed by atoms with Crippen molar-refractivity contribution in [3.05, 3.63) is 95.0 Å². The molecule has 0 radical (unpaired) electrons. The fraction of sp³-hybridized carbons (Fsp3) is 0.148. The highest BCUT2D eigenvalue weighted by atomic mass is 35.5. The second-order valence-electron chi connectivity index (χ2n) is 7.97. The SMILES string of the molecule is O=C(N/N=C\c1ccc(N2CCOCC2)cc1)c1cc(-c2ccc(Cl)cc2)nc2ccccc12. The standard InChI is InChI=1S/C27H23ClN4O2/c28-21-9-7-20(8-10-21)26-17-24(23-3-1-2-4-25(23)30-26)27(33)31-29-18-19-5-11-22(12-6-19)32-13-15-34-16-14-32/h1-12,17-18H,13-16H2,(H,31,33)/b29-18-. The van der Waals surface area contributed by atoms with Gasteiger partial charge in [-0.3, -0.25) is 4.79 Å². The first-order valence-electron chi connectivity index (χ1n) is 11.1. The van der Waals surface area contributed by atoms with Gasteiger partial charge in [0.2, 0.25) is 0 Å². The molecular formula is C27H23ClN4O2. The van der Waals surface area contributed by atoms with Gasteiger partial charge in [-0.05, 0) is 42.0 Å². The molecule has 4 aromatic rings. The number of ether oxygens (including phenoxy) is 1. The second-order valence-corrected chi connectivity index (χ2v) is 8.41. The highest BCUT2D eigenvalue weighted by molar-refractivity contribution is 6.30. The molecule has 1 aliphatic heterocycles. The number of carbonyl (C=O) groups excluding carboxylic acids is 1. The maximum atomic E-state index is 13.1.